The quantitative estimate of drug-likeness (QED) is 0.311. The molecule has 1 heterocycles. The van der Waals surface area contributed by atoms with Crippen molar-refractivity contribution < 1.29 is 23.7 Å². The van der Waals surface area contributed by atoms with E-state index in [2.05, 4.69) is 34.5 Å². The second-order valence-electron chi connectivity index (χ2n) is 8.96. The topological polar surface area (TPSA) is 61.4 Å². The van der Waals surface area contributed by atoms with Crippen LogP contribution in [-0.2, 0) is 11.3 Å². The summed E-state index contributed by atoms with van der Waals surface area (Å²) in [6.07, 6.45) is 1.83. The Morgan fingerprint density at radius 1 is 0.784 bits per heavy atom. The van der Waals surface area contributed by atoms with E-state index >= 15 is 0 Å². The molecule has 0 bridgehead atoms. The number of hydrogen-bond donors (Lipinski definition) is 1. The van der Waals surface area contributed by atoms with Crippen LogP contribution in [0, 0.1) is 0 Å². The van der Waals surface area contributed by atoms with Gasteiger partial charge in [0.1, 0.15) is 11.5 Å². The third-order valence-electron chi connectivity index (χ3n) is 6.39. The average molecular weight is 507 g/mol. The Bertz CT molecular complexity index is 1060. The molecular weight excluding hydrogens is 468 g/mol. The fourth-order valence-electron chi connectivity index (χ4n) is 4.33. The van der Waals surface area contributed by atoms with Crippen LogP contribution in [0.3, 0.4) is 0 Å². The van der Waals surface area contributed by atoms with Gasteiger partial charge in [-0.15, -0.1) is 0 Å². The summed E-state index contributed by atoms with van der Waals surface area (Å²) in [5.74, 6) is 3.28. The molecule has 0 aromatic heterocycles. The van der Waals surface area contributed by atoms with E-state index < -0.39 is 0 Å². The minimum Gasteiger partial charge on any atom is -0.497 e. The maximum absolute atomic E-state index is 6.07. The minimum atomic E-state index is 0.280. The molecule has 1 N–H and O–H groups in total. The number of anilines is 1. The van der Waals surface area contributed by atoms with Gasteiger partial charge < -0.3 is 33.9 Å². The van der Waals surface area contributed by atoms with Crippen molar-refractivity contribution in [3.63, 3.8) is 0 Å². The summed E-state index contributed by atoms with van der Waals surface area (Å²) in [7, 11) is 3.33. The standard InChI is InChI=1S/C30H38N2O5/c1-33-27-13-9-24(10-14-27)22-35-23-26-21-31-17-18-32(26)25-11-15-28(16-12-25)36-19-5-6-20-37-30-8-4-3-7-29(30)34-2/h3-4,7-16,26,31H,5-6,17-23H2,1-2H3/t26-/m1/s1. The van der Waals surface area contributed by atoms with Gasteiger partial charge >= 0.3 is 0 Å². The second-order valence-corrected chi connectivity index (χ2v) is 8.96. The van der Waals surface area contributed by atoms with Gasteiger partial charge in [0.2, 0.25) is 0 Å². The first-order chi connectivity index (χ1) is 18.3. The Hall–Kier alpha value is -3.42. The summed E-state index contributed by atoms with van der Waals surface area (Å²) in [5, 5.41) is 3.49. The Labute approximate surface area is 220 Å². The van der Waals surface area contributed by atoms with Crippen LogP contribution in [0.5, 0.6) is 23.0 Å². The molecule has 37 heavy (non-hydrogen) atoms. The second kappa shape index (κ2) is 14.4. The summed E-state index contributed by atoms with van der Waals surface area (Å²) >= 11 is 0. The molecule has 1 aliphatic heterocycles. The Morgan fingerprint density at radius 3 is 2.22 bits per heavy atom. The maximum Gasteiger partial charge on any atom is 0.161 e. The Kier molecular flexibility index (Phi) is 10.3. The molecule has 7 nitrogen and oxygen atoms in total. The molecule has 1 aliphatic rings. The summed E-state index contributed by atoms with van der Waals surface area (Å²) in [6.45, 7) is 5.35. The van der Waals surface area contributed by atoms with Crippen LogP contribution < -0.4 is 29.2 Å². The Morgan fingerprint density at radius 2 is 1.49 bits per heavy atom. The lowest BCUT2D eigenvalue weighted by Crippen LogP contribution is -2.53. The molecule has 0 saturated carbocycles. The van der Waals surface area contributed by atoms with Gasteiger partial charge in [-0.05, 0) is 66.9 Å². The summed E-state index contributed by atoms with van der Waals surface area (Å²) in [4.78, 5) is 2.42. The zero-order valence-corrected chi connectivity index (χ0v) is 21.9. The molecule has 1 atom stereocenters. The molecule has 3 aromatic carbocycles. The van der Waals surface area contributed by atoms with Gasteiger partial charge in [0.15, 0.2) is 11.5 Å². The van der Waals surface area contributed by atoms with Crippen LogP contribution in [0.2, 0.25) is 0 Å². The lowest BCUT2D eigenvalue weighted by molar-refractivity contribution is 0.102. The molecule has 1 saturated heterocycles. The lowest BCUT2D eigenvalue weighted by atomic mass is 10.1. The average Bonchev–Trinajstić information content (AvgIpc) is 2.96. The summed E-state index contributed by atoms with van der Waals surface area (Å²) in [5.41, 5.74) is 2.33. The number of ether oxygens (including phenoxy) is 5. The summed E-state index contributed by atoms with van der Waals surface area (Å²) in [6, 6.07) is 24.4. The van der Waals surface area contributed by atoms with Crippen molar-refractivity contribution in [3.8, 4) is 23.0 Å². The van der Waals surface area contributed by atoms with Crippen LogP contribution in [0.15, 0.2) is 72.8 Å². The fraction of sp³-hybridized carbons (Fsp3) is 0.400. The highest BCUT2D eigenvalue weighted by molar-refractivity contribution is 5.50. The number of methoxy groups -OCH3 is 2. The van der Waals surface area contributed by atoms with Crippen molar-refractivity contribution in [1.82, 2.24) is 5.32 Å². The van der Waals surface area contributed by atoms with Crippen molar-refractivity contribution in [2.24, 2.45) is 0 Å². The maximum atomic E-state index is 6.07. The van der Waals surface area contributed by atoms with Gasteiger partial charge in [-0.1, -0.05) is 24.3 Å². The van der Waals surface area contributed by atoms with Crippen LogP contribution in [0.4, 0.5) is 5.69 Å². The van der Waals surface area contributed by atoms with E-state index in [0.29, 0.717) is 26.4 Å². The van der Waals surface area contributed by atoms with Crippen molar-refractivity contribution in [2.75, 3.05) is 58.6 Å². The molecule has 198 valence electrons. The number of piperazine rings is 1. The molecule has 0 radical (unpaired) electrons. The number of nitrogens with one attached hydrogen (secondary N) is 1. The molecule has 0 amide bonds. The predicted octanol–water partition coefficient (Wildman–Crippen LogP) is 4.94. The van der Waals surface area contributed by atoms with Crippen molar-refractivity contribution >= 4 is 5.69 Å². The summed E-state index contributed by atoms with van der Waals surface area (Å²) < 4.78 is 28.4. The van der Waals surface area contributed by atoms with Crippen LogP contribution in [0.1, 0.15) is 18.4 Å². The van der Waals surface area contributed by atoms with Gasteiger partial charge in [-0.25, -0.2) is 0 Å². The zero-order valence-electron chi connectivity index (χ0n) is 21.9. The SMILES string of the molecule is COc1ccc(COC[C@H]2CNCCN2c2ccc(OCCCCOc3ccccc3OC)cc2)cc1. The largest absolute Gasteiger partial charge is 0.497 e. The predicted molar refractivity (Wildman–Crippen MR) is 146 cm³/mol. The highest BCUT2D eigenvalue weighted by Gasteiger charge is 2.22. The van der Waals surface area contributed by atoms with E-state index in [0.717, 1.165) is 61.0 Å². The van der Waals surface area contributed by atoms with Gasteiger partial charge in [0.05, 0.1) is 46.7 Å². The molecule has 7 heteroatoms. The van der Waals surface area contributed by atoms with Crippen molar-refractivity contribution in [3.05, 3.63) is 78.4 Å². The number of benzene rings is 3. The monoisotopic (exact) mass is 506 g/mol. The molecule has 3 aromatic rings. The highest BCUT2D eigenvalue weighted by atomic mass is 16.5. The molecule has 0 unspecified atom stereocenters. The lowest BCUT2D eigenvalue weighted by Gasteiger charge is -2.38. The van der Waals surface area contributed by atoms with E-state index in [1.165, 1.54) is 5.69 Å². The molecular formula is C30H38N2O5. The molecule has 4 rings (SSSR count). The van der Waals surface area contributed by atoms with Crippen LogP contribution in [-0.4, -0.2) is 59.7 Å². The number of para-hydroxylation sites is 2. The number of hydrogen-bond acceptors (Lipinski definition) is 7. The molecule has 0 aliphatic carbocycles. The van der Waals surface area contributed by atoms with E-state index in [1.54, 1.807) is 14.2 Å². The van der Waals surface area contributed by atoms with Crippen LogP contribution in [0.25, 0.3) is 0 Å². The third-order valence-corrected chi connectivity index (χ3v) is 6.39. The van der Waals surface area contributed by atoms with E-state index in [-0.39, 0.29) is 6.04 Å². The Balaban J connectivity index is 1.18. The number of nitrogens with zero attached hydrogens (tertiary/aromatic N) is 1. The van der Waals surface area contributed by atoms with Crippen molar-refractivity contribution in [2.45, 2.75) is 25.5 Å². The van der Waals surface area contributed by atoms with Gasteiger partial charge in [0.25, 0.3) is 0 Å². The first kappa shape index (κ1) is 26.6. The first-order valence-electron chi connectivity index (χ1n) is 12.9. The normalized spacial score (nSPS) is 15.3. The van der Waals surface area contributed by atoms with Crippen molar-refractivity contribution in [1.29, 1.82) is 0 Å². The third kappa shape index (κ3) is 8.03. The van der Waals surface area contributed by atoms with Crippen LogP contribution >= 0.6 is 0 Å². The minimum absolute atomic E-state index is 0.280. The fourth-order valence-corrected chi connectivity index (χ4v) is 4.33. The zero-order chi connectivity index (χ0) is 25.7. The van der Waals surface area contributed by atoms with Gasteiger partial charge in [-0.2, -0.15) is 0 Å². The highest BCUT2D eigenvalue weighted by Crippen LogP contribution is 2.26. The smallest absolute Gasteiger partial charge is 0.161 e. The van der Waals surface area contributed by atoms with E-state index in [4.69, 9.17) is 23.7 Å². The molecule has 1 fully saturated rings. The van der Waals surface area contributed by atoms with E-state index in [1.807, 2.05) is 48.5 Å². The van der Waals surface area contributed by atoms with E-state index in [9.17, 15) is 0 Å². The van der Waals surface area contributed by atoms with Gasteiger partial charge in [0, 0.05) is 25.3 Å². The number of rotatable bonds is 14. The first-order valence-corrected chi connectivity index (χ1v) is 12.9. The number of unbranched alkanes of at least 4 members (excludes halogenated alkanes) is 1. The van der Waals surface area contributed by atoms with Gasteiger partial charge in [-0.3, -0.25) is 0 Å². The molecule has 0 spiro atoms.